The van der Waals surface area contributed by atoms with Crippen LogP contribution in [0, 0.1) is 5.41 Å². The van der Waals surface area contributed by atoms with Gasteiger partial charge < -0.3 is 34.6 Å². The SMILES string of the molecule is O=C(NCCO)[C@H]1CCCN1C(=O)[C@@]12C[C@H]3OC(=O)[C@@H]1N(Cc1ccccc1C=CCc1ccccc1O)O[C@@H]2[C@H]1OC2(Cc4ccccc4C2)O[C@H]13. The molecular weight excluding hydrogens is 678 g/mol. The number of carbonyl (C=O) groups is 3. The highest BCUT2D eigenvalue weighted by molar-refractivity contribution is 5.96. The van der Waals surface area contributed by atoms with Gasteiger partial charge in [0, 0.05) is 32.4 Å². The molecule has 3 N–H and O–H groups in total. The van der Waals surface area contributed by atoms with Gasteiger partial charge in [0.1, 0.15) is 41.6 Å². The van der Waals surface area contributed by atoms with E-state index in [2.05, 4.69) is 17.4 Å². The van der Waals surface area contributed by atoms with E-state index in [1.54, 1.807) is 22.1 Å². The van der Waals surface area contributed by atoms with E-state index in [-0.39, 0.29) is 43.7 Å². The number of phenols is 1. The third-order valence-electron chi connectivity index (χ3n) is 11.9. The highest BCUT2D eigenvalue weighted by Crippen LogP contribution is 2.59. The molecule has 4 heterocycles. The molecule has 2 amide bonds. The number of nitrogens with one attached hydrogen (secondary N) is 1. The van der Waals surface area contributed by atoms with Crippen molar-refractivity contribution in [1.29, 1.82) is 0 Å². The number of para-hydroxylation sites is 1. The molecule has 0 aromatic heterocycles. The predicted molar refractivity (Wildman–Crippen MR) is 190 cm³/mol. The maximum atomic E-state index is 15.2. The van der Waals surface area contributed by atoms with Crippen LogP contribution in [0.3, 0.4) is 0 Å². The van der Waals surface area contributed by atoms with E-state index in [9.17, 15) is 19.8 Å². The number of benzene rings is 3. The average molecular weight is 722 g/mol. The van der Waals surface area contributed by atoms with Gasteiger partial charge in [0.25, 0.3) is 0 Å². The van der Waals surface area contributed by atoms with Crippen molar-refractivity contribution in [3.05, 3.63) is 107 Å². The highest BCUT2D eigenvalue weighted by Gasteiger charge is 2.77. The number of aromatic hydroxyl groups is 1. The van der Waals surface area contributed by atoms with E-state index in [0.717, 1.165) is 27.8 Å². The largest absolute Gasteiger partial charge is 0.508 e. The lowest BCUT2D eigenvalue weighted by Crippen LogP contribution is -2.70. The lowest BCUT2D eigenvalue weighted by molar-refractivity contribution is -0.218. The standard InChI is InChI=1S/C41H43N3O9/c45-20-18-42-37(47)30-16-8-19-43(30)39(49)41-23-32-33-34(52-40(51-33)21-27-11-2-3-12-28(27)22-40)36(41)53-44(35(41)38(48)50-32)24-29-13-4-1-9-25(29)14-7-15-26-10-5-6-17-31(26)46/h1-7,9-14,17,30,32-36,45-46H,8,15-16,18-24H2,(H,42,47)/t30-,32-,33+,34+,35+,36-,41+/m1/s1. The first-order chi connectivity index (χ1) is 25.8. The van der Waals surface area contributed by atoms with Crippen LogP contribution in [-0.4, -0.2) is 99.9 Å². The van der Waals surface area contributed by atoms with E-state index < -0.39 is 53.7 Å². The van der Waals surface area contributed by atoms with Crippen molar-refractivity contribution in [3.8, 4) is 5.75 Å². The molecule has 3 aromatic rings. The summed E-state index contributed by atoms with van der Waals surface area (Å²) in [6, 6.07) is 21.3. The smallest absolute Gasteiger partial charge is 0.327 e. The van der Waals surface area contributed by atoms with Crippen LogP contribution in [-0.2, 0) is 59.2 Å². The highest BCUT2D eigenvalue weighted by atomic mass is 16.8. The fraction of sp³-hybridized carbons (Fsp3) is 0.439. The van der Waals surface area contributed by atoms with Crippen molar-refractivity contribution in [3.63, 3.8) is 0 Å². The zero-order chi connectivity index (χ0) is 36.3. The third-order valence-corrected chi connectivity index (χ3v) is 11.9. The van der Waals surface area contributed by atoms with Gasteiger partial charge in [-0.15, -0.1) is 0 Å². The zero-order valence-electron chi connectivity index (χ0n) is 29.3. The molecule has 3 aromatic carbocycles. The monoisotopic (exact) mass is 721 g/mol. The number of amides is 2. The van der Waals surface area contributed by atoms with Crippen molar-refractivity contribution in [2.75, 3.05) is 19.7 Å². The lowest BCUT2D eigenvalue weighted by Gasteiger charge is -2.50. The number of likely N-dealkylation sites (tertiary alicyclic amines) is 1. The van der Waals surface area contributed by atoms with Crippen molar-refractivity contribution in [2.45, 2.75) is 87.4 Å². The number of hydrogen-bond acceptors (Lipinski definition) is 10. The Morgan fingerprint density at radius 3 is 2.43 bits per heavy atom. The summed E-state index contributed by atoms with van der Waals surface area (Å²) in [5.41, 5.74) is 3.41. The average Bonchev–Trinajstić information content (AvgIpc) is 3.95. The molecule has 2 bridgehead atoms. The number of nitrogens with zero attached hydrogens (tertiary/aromatic N) is 2. The van der Waals surface area contributed by atoms with E-state index in [1.807, 2.05) is 60.7 Å². The number of esters is 1. The topological polar surface area (TPSA) is 147 Å². The Balaban J connectivity index is 1.06. The van der Waals surface area contributed by atoms with Crippen molar-refractivity contribution < 1.29 is 43.6 Å². The summed E-state index contributed by atoms with van der Waals surface area (Å²) < 4.78 is 19.9. The minimum atomic E-state index is -1.41. The van der Waals surface area contributed by atoms with Gasteiger partial charge in [-0.3, -0.25) is 19.2 Å². The molecule has 2 aliphatic carbocycles. The van der Waals surface area contributed by atoms with Crippen LogP contribution >= 0.6 is 0 Å². The second-order valence-corrected chi connectivity index (χ2v) is 15.0. The van der Waals surface area contributed by atoms with Crippen LogP contribution in [0.5, 0.6) is 5.75 Å². The Kier molecular flexibility index (Phi) is 8.62. The molecule has 4 aliphatic heterocycles. The Labute approximate surface area is 307 Å². The molecule has 4 saturated heterocycles. The van der Waals surface area contributed by atoms with Crippen LogP contribution < -0.4 is 5.32 Å². The number of hydroxylamine groups is 2. The summed E-state index contributed by atoms with van der Waals surface area (Å²) in [6.45, 7) is 0.390. The third kappa shape index (κ3) is 5.66. The molecule has 1 saturated carbocycles. The first kappa shape index (κ1) is 34.2. The molecule has 5 fully saturated rings. The summed E-state index contributed by atoms with van der Waals surface area (Å²) in [4.78, 5) is 51.3. The van der Waals surface area contributed by atoms with Crippen molar-refractivity contribution >= 4 is 23.9 Å². The zero-order valence-corrected chi connectivity index (χ0v) is 29.3. The maximum Gasteiger partial charge on any atom is 0.327 e. The van der Waals surface area contributed by atoms with Crippen molar-refractivity contribution in [2.24, 2.45) is 5.41 Å². The lowest BCUT2D eigenvalue weighted by atomic mass is 9.62. The molecule has 276 valence electrons. The number of carbonyl (C=O) groups excluding carboxylic acids is 3. The van der Waals surface area contributed by atoms with E-state index in [4.69, 9.17) is 19.0 Å². The van der Waals surface area contributed by atoms with Crippen LogP contribution in [0.1, 0.15) is 47.1 Å². The number of hydrogen-bond donors (Lipinski definition) is 3. The molecular formula is C41H43N3O9. The molecule has 6 aliphatic rings. The molecule has 1 spiro atoms. The summed E-state index contributed by atoms with van der Waals surface area (Å²) in [5.74, 6) is -1.98. The van der Waals surface area contributed by atoms with Gasteiger partial charge in [-0.25, -0.2) is 0 Å². The Hall–Kier alpha value is -4.59. The number of phenolic OH excluding ortho intramolecular Hbond substituents is 1. The number of rotatable bonds is 9. The number of fused-ring (bicyclic) bond motifs is 5. The van der Waals surface area contributed by atoms with E-state index in [1.165, 1.54) is 0 Å². The summed E-state index contributed by atoms with van der Waals surface area (Å²) in [7, 11) is 0. The maximum absolute atomic E-state index is 15.2. The number of aliphatic hydroxyl groups excluding tert-OH is 1. The summed E-state index contributed by atoms with van der Waals surface area (Å²) in [5, 5.41) is 24.0. The van der Waals surface area contributed by atoms with Gasteiger partial charge in [-0.05, 0) is 53.1 Å². The number of allylic oxidation sites excluding steroid dienone is 1. The molecule has 53 heavy (non-hydrogen) atoms. The second-order valence-electron chi connectivity index (χ2n) is 15.0. The van der Waals surface area contributed by atoms with Crippen LogP contribution in [0.15, 0.2) is 78.9 Å². The number of ether oxygens (including phenoxy) is 3. The molecule has 7 atom stereocenters. The van der Waals surface area contributed by atoms with Gasteiger partial charge >= 0.3 is 5.97 Å². The van der Waals surface area contributed by atoms with E-state index >= 15 is 4.79 Å². The summed E-state index contributed by atoms with van der Waals surface area (Å²) in [6.07, 6.45) is 3.80. The van der Waals surface area contributed by atoms with Gasteiger partial charge in [0.15, 0.2) is 11.8 Å². The Morgan fingerprint density at radius 2 is 1.66 bits per heavy atom. The van der Waals surface area contributed by atoms with Gasteiger partial charge in [-0.1, -0.05) is 78.9 Å². The van der Waals surface area contributed by atoms with E-state index in [0.29, 0.717) is 38.6 Å². The fourth-order valence-corrected chi connectivity index (χ4v) is 9.59. The minimum absolute atomic E-state index is 0.0822. The van der Waals surface area contributed by atoms with Gasteiger partial charge in [0.05, 0.1) is 13.2 Å². The molecule has 0 unspecified atom stereocenters. The molecule has 0 radical (unpaired) electrons. The molecule has 9 rings (SSSR count). The first-order valence-electron chi connectivity index (χ1n) is 18.6. The van der Waals surface area contributed by atoms with Crippen LogP contribution in [0.25, 0.3) is 6.08 Å². The van der Waals surface area contributed by atoms with Gasteiger partial charge in [-0.2, -0.15) is 5.06 Å². The molecule has 12 heteroatoms. The van der Waals surface area contributed by atoms with Crippen molar-refractivity contribution in [1.82, 2.24) is 15.3 Å². The molecule has 12 nitrogen and oxygen atoms in total. The summed E-state index contributed by atoms with van der Waals surface area (Å²) >= 11 is 0. The quantitative estimate of drug-likeness (QED) is 0.282. The Morgan fingerprint density at radius 1 is 0.943 bits per heavy atom. The predicted octanol–water partition coefficient (Wildman–Crippen LogP) is 2.83. The fourth-order valence-electron chi connectivity index (χ4n) is 9.59. The first-order valence-corrected chi connectivity index (χ1v) is 18.6. The van der Waals surface area contributed by atoms with Crippen LogP contribution in [0.2, 0.25) is 0 Å². The van der Waals surface area contributed by atoms with Crippen LogP contribution in [0.4, 0.5) is 0 Å². The van der Waals surface area contributed by atoms with Gasteiger partial charge in [0.2, 0.25) is 11.8 Å². The number of aliphatic hydroxyl groups is 1. The Bertz CT molecular complexity index is 1940. The minimum Gasteiger partial charge on any atom is -0.508 e. The normalized spacial score (nSPS) is 30.8. The second kappa shape index (κ2) is 13.4.